The van der Waals surface area contributed by atoms with Crippen LogP contribution in [-0.4, -0.2) is 14.5 Å². The maximum atomic E-state index is 12.4. The van der Waals surface area contributed by atoms with Crippen LogP contribution in [-0.2, 0) is 16.6 Å². The van der Waals surface area contributed by atoms with Gasteiger partial charge in [-0.3, -0.25) is 0 Å². The summed E-state index contributed by atoms with van der Waals surface area (Å²) in [5.41, 5.74) is 6.98. The monoisotopic (exact) mass is 284 g/mol. The van der Waals surface area contributed by atoms with Gasteiger partial charge in [0, 0.05) is 12.6 Å². The number of nitrogens with two attached hydrogens (primary N) is 1. The third-order valence-corrected chi connectivity index (χ3v) is 5.09. The normalized spacial score (nSPS) is 14.4. The summed E-state index contributed by atoms with van der Waals surface area (Å²) in [5.74, 6) is 0. The van der Waals surface area contributed by atoms with Crippen LogP contribution in [0.3, 0.4) is 0 Å². The Morgan fingerprint density at radius 2 is 1.89 bits per heavy atom. The fraction of sp³-hybridized carbons (Fsp3) is 0.571. The predicted octanol–water partition coefficient (Wildman–Crippen LogP) is 2.17. The SMILES string of the molecule is Cc1ccc(CN)cc1S(=O)(=O)NC(C)C(C)(C)C. The van der Waals surface area contributed by atoms with Gasteiger partial charge in [-0.2, -0.15) is 0 Å². The van der Waals surface area contributed by atoms with Crippen LogP contribution in [0.15, 0.2) is 23.1 Å². The molecule has 1 rings (SSSR count). The lowest BCUT2D eigenvalue weighted by atomic mass is 9.89. The van der Waals surface area contributed by atoms with Gasteiger partial charge >= 0.3 is 0 Å². The van der Waals surface area contributed by atoms with Crippen molar-refractivity contribution in [1.29, 1.82) is 0 Å². The molecule has 4 nitrogen and oxygen atoms in total. The Hall–Kier alpha value is -0.910. The standard InChI is InChI=1S/C14H24N2O2S/c1-10-6-7-12(9-15)8-13(10)19(17,18)16-11(2)14(3,4)5/h6-8,11,16H,9,15H2,1-5H3. The number of rotatable bonds is 4. The van der Waals surface area contributed by atoms with Crippen molar-refractivity contribution < 1.29 is 8.42 Å². The molecule has 1 aromatic carbocycles. The maximum absolute atomic E-state index is 12.4. The van der Waals surface area contributed by atoms with E-state index in [0.717, 1.165) is 11.1 Å². The third-order valence-electron chi connectivity index (χ3n) is 3.41. The average Bonchev–Trinajstić information content (AvgIpc) is 2.27. The van der Waals surface area contributed by atoms with Crippen molar-refractivity contribution in [3.05, 3.63) is 29.3 Å². The molecule has 0 aliphatic heterocycles. The molecule has 0 aromatic heterocycles. The highest BCUT2D eigenvalue weighted by Gasteiger charge is 2.26. The minimum absolute atomic E-state index is 0.132. The Balaban J connectivity index is 3.14. The number of hydrogen-bond acceptors (Lipinski definition) is 3. The summed E-state index contributed by atoms with van der Waals surface area (Å²) in [4.78, 5) is 0.312. The minimum atomic E-state index is -3.51. The van der Waals surface area contributed by atoms with Crippen LogP contribution in [0.1, 0.15) is 38.8 Å². The molecule has 19 heavy (non-hydrogen) atoms. The summed E-state index contributed by atoms with van der Waals surface area (Å²) in [6, 6.07) is 5.13. The molecule has 5 heteroatoms. The van der Waals surface area contributed by atoms with Crippen molar-refractivity contribution in [3.8, 4) is 0 Å². The summed E-state index contributed by atoms with van der Waals surface area (Å²) >= 11 is 0. The van der Waals surface area contributed by atoms with E-state index in [9.17, 15) is 8.42 Å². The van der Waals surface area contributed by atoms with E-state index in [2.05, 4.69) is 4.72 Å². The first-order valence-electron chi connectivity index (χ1n) is 6.40. The lowest BCUT2D eigenvalue weighted by Crippen LogP contribution is -2.41. The van der Waals surface area contributed by atoms with Crippen LogP contribution in [0.5, 0.6) is 0 Å². The highest BCUT2D eigenvalue weighted by atomic mass is 32.2. The maximum Gasteiger partial charge on any atom is 0.241 e. The Morgan fingerprint density at radius 1 is 1.32 bits per heavy atom. The number of sulfonamides is 1. The van der Waals surface area contributed by atoms with E-state index in [1.807, 2.05) is 33.8 Å². The first-order chi connectivity index (χ1) is 8.58. The fourth-order valence-electron chi connectivity index (χ4n) is 1.53. The second-order valence-electron chi connectivity index (χ2n) is 6.01. The van der Waals surface area contributed by atoms with Gasteiger partial charge in [0.15, 0.2) is 0 Å². The van der Waals surface area contributed by atoms with Gasteiger partial charge in [-0.05, 0) is 36.5 Å². The van der Waals surface area contributed by atoms with Gasteiger partial charge in [-0.25, -0.2) is 13.1 Å². The first-order valence-corrected chi connectivity index (χ1v) is 7.88. The van der Waals surface area contributed by atoms with Crippen LogP contribution in [0.2, 0.25) is 0 Å². The van der Waals surface area contributed by atoms with Crippen molar-refractivity contribution >= 4 is 10.0 Å². The molecule has 0 saturated heterocycles. The second-order valence-corrected chi connectivity index (χ2v) is 7.70. The van der Waals surface area contributed by atoms with Crippen molar-refractivity contribution in [1.82, 2.24) is 4.72 Å². The molecule has 0 radical (unpaired) electrons. The van der Waals surface area contributed by atoms with Gasteiger partial charge in [0.05, 0.1) is 4.90 Å². The number of aryl methyl sites for hydroxylation is 1. The van der Waals surface area contributed by atoms with Crippen molar-refractivity contribution in [2.45, 2.75) is 52.1 Å². The zero-order valence-corrected chi connectivity index (χ0v) is 13.1. The zero-order chi connectivity index (χ0) is 14.8. The van der Waals surface area contributed by atoms with E-state index in [4.69, 9.17) is 5.73 Å². The first kappa shape index (κ1) is 16.1. The van der Waals surface area contributed by atoms with E-state index in [1.54, 1.807) is 19.1 Å². The highest BCUT2D eigenvalue weighted by molar-refractivity contribution is 7.89. The summed E-state index contributed by atoms with van der Waals surface area (Å²) in [6.45, 7) is 10.0. The van der Waals surface area contributed by atoms with Gasteiger partial charge in [0.1, 0.15) is 0 Å². The van der Waals surface area contributed by atoms with E-state index in [0.29, 0.717) is 11.4 Å². The summed E-state index contributed by atoms with van der Waals surface area (Å²) in [5, 5.41) is 0. The summed E-state index contributed by atoms with van der Waals surface area (Å²) < 4.78 is 27.6. The summed E-state index contributed by atoms with van der Waals surface area (Å²) in [6.07, 6.45) is 0. The average molecular weight is 284 g/mol. The molecule has 0 aliphatic rings. The predicted molar refractivity (Wildman–Crippen MR) is 78.3 cm³/mol. The van der Waals surface area contributed by atoms with Gasteiger partial charge in [-0.1, -0.05) is 32.9 Å². The van der Waals surface area contributed by atoms with Gasteiger partial charge in [0.25, 0.3) is 0 Å². The molecule has 1 atom stereocenters. The van der Waals surface area contributed by atoms with E-state index >= 15 is 0 Å². The number of hydrogen-bond donors (Lipinski definition) is 2. The Kier molecular flexibility index (Phi) is 4.76. The van der Waals surface area contributed by atoms with Crippen LogP contribution in [0, 0.1) is 12.3 Å². The lowest BCUT2D eigenvalue weighted by molar-refractivity contribution is 0.317. The minimum Gasteiger partial charge on any atom is -0.326 e. The largest absolute Gasteiger partial charge is 0.326 e. The third kappa shape index (κ3) is 4.03. The van der Waals surface area contributed by atoms with E-state index in [1.165, 1.54) is 0 Å². The molecule has 1 aromatic rings. The van der Waals surface area contributed by atoms with Crippen molar-refractivity contribution in [2.24, 2.45) is 11.1 Å². The molecular weight excluding hydrogens is 260 g/mol. The van der Waals surface area contributed by atoms with Crippen molar-refractivity contribution in [2.75, 3.05) is 0 Å². The molecule has 108 valence electrons. The van der Waals surface area contributed by atoms with Crippen LogP contribution >= 0.6 is 0 Å². The Morgan fingerprint density at radius 3 is 2.37 bits per heavy atom. The molecule has 0 bridgehead atoms. The molecule has 0 fully saturated rings. The quantitative estimate of drug-likeness (QED) is 0.890. The highest BCUT2D eigenvalue weighted by Crippen LogP contribution is 2.22. The van der Waals surface area contributed by atoms with Crippen molar-refractivity contribution in [3.63, 3.8) is 0 Å². The molecular formula is C14H24N2O2S. The Bertz CT molecular complexity index is 545. The van der Waals surface area contributed by atoms with Gasteiger partial charge in [0.2, 0.25) is 10.0 Å². The summed E-state index contributed by atoms with van der Waals surface area (Å²) in [7, 11) is -3.51. The molecule has 3 N–H and O–H groups in total. The van der Waals surface area contributed by atoms with E-state index in [-0.39, 0.29) is 11.5 Å². The lowest BCUT2D eigenvalue weighted by Gasteiger charge is -2.28. The second kappa shape index (κ2) is 5.61. The van der Waals surface area contributed by atoms with Gasteiger partial charge in [-0.15, -0.1) is 0 Å². The smallest absolute Gasteiger partial charge is 0.241 e. The number of benzene rings is 1. The topological polar surface area (TPSA) is 72.2 Å². The van der Waals surface area contributed by atoms with Gasteiger partial charge < -0.3 is 5.73 Å². The fourth-order valence-corrected chi connectivity index (χ4v) is 3.28. The molecule has 0 heterocycles. The van der Waals surface area contributed by atoms with Crippen LogP contribution in [0.4, 0.5) is 0 Å². The molecule has 1 unspecified atom stereocenters. The van der Waals surface area contributed by atoms with E-state index < -0.39 is 10.0 Å². The molecule has 0 spiro atoms. The number of nitrogens with one attached hydrogen (secondary N) is 1. The Labute approximate surface area is 116 Å². The molecule has 0 aliphatic carbocycles. The van der Waals surface area contributed by atoms with Crippen LogP contribution < -0.4 is 10.5 Å². The zero-order valence-electron chi connectivity index (χ0n) is 12.3. The molecule has 0 amide bonds. The molecule has 0 saturated carbocycles. The van der Waals surface area contributed by atoms with Crippen LogP contribution in [0.25, 0.3) is 0 Å².